The van der Waals surface area contributed by atoms with Gasteiger partial charge in [-0.25, -0.2) is 0 Å². The number of ketones is 2. The lowest BCUT2D eigenvalue weighted by Crippen LogP contribution is -2.30. The Morgan fingerprint density at radius 2 is 0.690 bits per heavy atom. The molecule has 0 saturated heterocycles. The van der Waals surface area contributed by atoms with Crippen molar-refractivity contribution in [2.24, 2.45) is 23.7 Å². The number of aryl methyl sites for hydroxylation is 2. The smallest absolute Gasteiger partial charge is 0.194 e. The summed E-state index contributed by atoms with van der Waals surface area (Å²) in [5.74, 6) is 1.58. The lowest BCUT2D eigenvalue weighted by Gasteiger charge is -2.37. The molecule has 16 rings (SSSR count). The number of aromatic nitrogens is 4. The molecule has 0 fully saturated rings. The maximum absolute atomic E-state index is 14.6. The first kappa shape index (κ1) is 81.5. The number of hydrogen-bond donors (Lipinski definition) is 0. The molecule has 0 atom stereocenters. The van der Waals surface area contributed by atoms with E-state index in [0.29, 0.717) is 68.2 Å². The third-order valence-electron chi connectivity index (χ3n) is 26.7. The molecule has 12 aromatic rings. The molecule has 116 heavy (non-hydrogen) atoms. The summed E-state index contributed by atoms with van der Waals surface area (Å²) in [6.07, 6.45) is 32.5. The number of nitriles is 4. The van der Waals surface area contributed by atoms with Crippen LogP contribution in [0.15, 0.2) is 95.1 Å². The fourth-order valence-electron chi connectivity index (χ4n) is 20.2. The van der Waals surface area contributed by atoms with E-state index in [-0.39, 0.29) is 33.5 Å². The van der Waals surface area contributed by atoms with Crippen molar-refractivity contribution in [2.75, 3.05) is 0 Å². The summed E-state index contributed by atoms with van der Waals surface area (Å²) in [6.45, 7) is 23.5. The predicted octanol–water partition coefficient (Wildman–Crippen LogP) is 30.7. The highest BCUT2D eigenvalue weighted by Gasteiger charge is 2.51. The zero-order chi connectivity index (χ0) is 80.8. The molecule has 10 nitrogen and oxygen atoms in total. The Hall–Kier alpha value is -8.24. The topological polar surface area (TPSA) is 181 Å². The van der Waals surface area contributed by atoms with Crippen molar-refractivity contribution in [1.82, 2.24) is 17.5 Å². The number of hydrogen-bond acceptors (Lipinski definition) is 18. The van der Waals surface area contributed by atoms with Gasteiger partial charge in [0.2, 0.25) is 0 Å². The van der Waals surface area contributed by atoms with Crippen molar-refractivity contribution in [1.29, 1.82) is 21.0 Å². The minimum Gasteiger partial charge on any atom is -0.289 e. The van der Waals surface area contributed by atoms with Crippen LogP contribution in [0.4, 0.5) is 0 Å². The Kier molecular flexibility index (Phi) is 24.3. The quantitative estimate of drug-likeness (QED) is 0.0214. The normalized spacial score (nSPS) is 15.1. The summed E-state index contributed by atoms with van der Waals surface area (Å²) in [6, 6.07) is 33.5. The number of nitrogens with zero attached hydrogens (tertiary/aromatic N) is 8. The van der Waals surface area contributed by atoms with Crippen LogP contribution >= 0.6 is 91.5 Å². The summed E-state index contributed by atoms with van der Waals surface area (Å²) in [4.78, 5) is 41.6. The average Bonchev–Trinajstić information content (AvgIpc) is 1.51. The standard InChI is InChI=1S/C98H100N8O2S8/c1-11-21-23-25-27-29-39-67-79-83-85(105-115-103-83)82-81(95(79)113-89(67)75-45-73-93(111-75)91-71(97(73,47-55(13-3)14-4)48-56(15-5)16-6)43-61(109-91)41-69-77(59(51-99)52-100)63-35-31-33-37-65(63)87(69)107)86-84(104-116-106-86)80-68(40-30-28-26-24-22-12-2)90(114-96(80)82)76-46-74-94(112-76)92-72(98(74,49-57(17-7)18-8)50-58(19-9)20-10)44-62(110-92)42-70-78(60(53-101)54-102)64-36-32-34-38-66(64)88(70)108/h31-38,41-46,55-58H,11-30,39-40,47-50H2,1-10H3/b69-41-,70-42-. The Balaban J connectivity index is 0.921. The van der Waals surface area contributed by atoms with Crippen LogP contribution in [-0.2, 0) is 23.7 Å². The molecule has 0 aliphatic heterocycles. The number of benzene rings is 4. The second-order valence-corrected chi connectivity index (χ2v) is 40.3. The molecule has 0 saturated carbocycles. The molecule has 8 heterocycles. The van der Waals surface area contributed by atoms with Crippen LogP contribution in [0.5, 0.6) is 0 Å². The fourth-order valence-corrected chi connectivity index (χ4v) is 29.6. The lowest BCUT2D eigenvalue weighted by molar-refractivity contribution is 0.103. The maximum atomic E-state index is 14.6. The van der Waals surface area contributed by atoms with Crippen LogP contribution in [0.1, 0.15) is 298 Å². The van der Waals surface area contributed by atoms with E-state index in [0.717, 1.165) is 158 Å². The second-order valence-electron chi connectivity index (χ2n) is 32.9. The van der Waals surface area contributed by atoms with E-state index in [1.54, 1.807) is 22.7 Å². The molecule has 0 radical (unpaired) electrons. The number of rotatable bonds is 34. The van der Waals surface area contributed by atoms with E-state index in [1.807, 2.05) is 106 Å². The van der Waals surface area contributed by atoms with Gasteiger partial charge < -0.3 is 0 Å². The highest BCUT2D eigenvalue weighted by molar-refractivity contribution is 7.31. The monoisotopic (exact) mass is 1680 g/mol. The van der Waals surface area contributed by atoms with E-state index >= 15 is 0 Å². The van der Waals surface area contributed by atoms with Crippen molar-refractivity contribution >= 4 is 179 Å². The second kappa shape index (κ2) is 34.6. The van der Waals surface area contributed by atoms with Gasteiger partial charge >= 0.3 is 0 Å². The van der Waals surface area contributed by atoms with Crippen molar-refractivity contribution < 1.29 is 9.59 Å². The third kappa shape index (κ3) is 13.8. The highest BCUT2D eigenvalue weighted by atomic mass is 32.1. The number of fused-ring (bicyclic) bond motifs is 19. The van der Waals surface area contributed by atoms with Crippen molar-refractivity contribution in [3.05, 3.63) is 160 Å². The first-order valence-electron chi connectivity index (χ1n) is 42.8. The fraction of sp³-hybridized carbons (Fsp3) is 0.429. The molecule has 0 spiro atoms. The first-order chi connectivity index (χ1) is 56.7. The van der Waals surface area contributed by atoms with Crippen molar-refractivity contribution in [3.8, 4) is 63.3 Å². The number of allylic oxidation sites excluding steroid dienone is 6. The molecule has 4 aliphatic carbocycles. The van der Waals surface area contributed by atoms with Crippen LogP contribution in [0.2, 0.25) is 0 Å². The van der Waals surface area contributed by atoms with Crippen molar-refractivity contribution in [2.45, 2.75) is 247 Å². The Labute approximate surface area is 715 Å². The van der Waals surface area contributed by atoms with Gasteiger partial charge in [0.25, 0.3) is 0 Å². The molecular formula is C98H100N8O2S8. The molecular weight excluding hydrogens is 1580 g/mol. The molecule has 0 unspecified atom stereocenters. The number of carbonyl (C=O) groups is 2. The van der Waals surface area contributed by atoms with E-state index < -0.39 is 0 Å². The van der Waals surface area contributed by atoms with Crippen LogP contribution < -0.4 is 0 Å². The van der Waals surface area contributed by atoms with E-state index in [1.165, 1.54) is 167 Å². The van der Waals surface area contributed by atoms with E-state index in [9.17, 15) is 30.6 Å². The number of Topliss-reactive ketones (excluding diaryl/α,β-unsaturated/α-hetero) is 2. The predicted molar refractivity (Wildman–Crippen MR) is 494 cm³/mol. The summed E-state index contributed by atoms with van der Waals surface area (Å²) < 4.78 is 24.4. The van der Waals surface area contributed by atoms with Crippen LogP contribution in [0.25, 0.3) is 115 Å². The zero-order valence-electron chi connectivity index (χ0n) is 68.4. The van der Waals surface area contributed by atoms with E-state index in [2.05, 4.69) is 118 Å². The molecule has 0 bridgehead atoms. The van der Waals surface area contributed by atoms with Gasteiger partial charge in [-0.1, -0.05) is 233 Å². The minimum absolute atomic E-state index is 0.0485. The SMILES string of the molecule is CCCCCCCCc1c(-c2cc3c(s2)-c2sc(/C=C4\C(=O)c5ccccc5C4=C(C#N)C#N)cc2C3(CC(CC)CC)CC(CC)CC)sc2c1c1nsnc1c1c3sc(-c4cc5c(s4)-c4sc(/C=C6\C(=O)c7ccccc7C6=C(C#N)C#N)cc4C5(CC(CC)CC)CC(CC)CC)c(CCCCCCCC)c3c3nsnc3c21. The third-order valence-corrected chi connectivity index (χ3v) is 35.4. The maximum Gasteiger partial charge on any atom is 0.194 e. The largest absolute Gasteiger partial charge is 0.289 e. The zero-order valence-corrected chi connectivity index (χ0v) is 75.0. The molecule has 4 aromatic carbocycles. The summed E-state index contributed by atoms with van der Waals surface area (Å²) in [7, 11) is 0. The van der Waals surface area contributed by atoms with Gasteiger partial charge in [-0.2, -0.15) is 38.5 Å². The van der Waals surface area contributed by atoms with Gasteiger partial charge in [-0.05, 0) is 156 Å². The van der Waals surface area contributed by atoms with Gasteiger partial charge in [0.05, 0.1) is 23.5 Å². The molecule has 0 amide bonds. The molecule has 0 N–H and O–H groups in total. The Morgan fingerprint density at radius 1 is 0.379 bits per heavy atom. The first-order valence-corrected chi connectivity index (χ1v) is 49.2. The molecule has 18 heteroatoms. The summed E-state index contributed by atoms with van der Waals surface area (Å²) >= 11 is 14.0. The minimum atomic E-state index is -0.303. The average molecular weight is 1680 g/mol. The Morgan fingerprint density at radius 3 is 1.03 bits per heavy atom. The van der Waals surface area contributed by atoms with Crippen LogP contribution in [0.3, 0.4) is 0 Å². The number of thiophene rings is 6. The Bertz CT molecular complexity index is 5740. The molecule has 8 aromatic heterocycles. The summed E-state index contributed by atoms with van der Waals surface area (Å²) in [5.41, 5.74) is 15.4. The number of carbonyl (C=O) groups excluding carboxylic acids is 2. The molecule has 4 aliphatic rings. The molecule has 592 valence electrons. The van der Waals surface area contributed by atoms with Gasteiger partial charge in [-0.3, -0.25) is 9.59 Å². The van der Waals surface area contributed by atoms with Gasteiger partial charge in [0.1, 0.15) is 57.5 Å². The van der Waals surface area contributed by atoms with Gasteiger partial charge in [0.15, 0.2) is 11.6 Å². The lowest BCUT2D eigenvalue weighted by atomic mass is 9.66. The van der Waals surface area contributed by atoms with E-state index in [4.69, 9.17) is 17.5 Å². The highest BCUT2D eigenvalue weighted by Crippen LogP contribution is 2.66. The number of unbranched alkanes of at least 4 members (excludes halogenated alkanes) is 10. The van der Waals surface area contributed by atoms with Gasteiger partial charge in [-0.15, -0.1) is 68.0 Å². The van der Waals surface area contributed by atoms with Crippen LogP contribution in [0, 0.1) is 69.0 Å². The van der Waals surface area contributed by atoms with Gasteiger partial charge in [0, 0.05) is 124 Å². The summed E-state index contributed by atoms with van der Waals surface area (Å²) in [5, 5.41) is 46.4. The van der Waals surface area contributed by atoms with Crippen molar-refractivity contribution in [3.63, 3.8) is 0 Å². The van der Waals surface area contributed by atoms with Crippen LogP contribution in [-0.4, -0.2) is 29.1 Å².